The number of hydrogen-bond acceptors (Lipinski definition) is 2. The largest absolute Gasteiger partial charge is 0.416 e. The van der Waals surface area contributed by atoms with Crippen molar-refractivity contribution in [1.82, 2.24) is 9.55 Å². The third kappa shape index (κ3) is 3.39. The zero-order chi connectivity index (χ0) is 14.6. The number of nitrogens with two attached hydrogens (primary N) is 1. The molecule has 3 nitrogen and oxygen atoms in total. The third-order valence-corrected chi connectivity index (χ3v) is 3.04. The molecule has 0 spiro atoms. The van der Waals surface area contributed by atoms with Gasteiger partial charge in [-0.1, -0.05) is 12.1 Å². The van der Waals surface area contributed by atoms with Crippen LogP contribution in [0.1, 0.15) is 18.4 Å². The first-order valence-electron chi connectivity index (χ1n) is 6.41. The van der Waals surface area contributed by atoms with E-state index in [1.807, 2.05) is 10.8 Å². The minimum atomic E-state index is -4.31. The van der Waals surface area contributed by atoms with Gasteiger partial charge in [0.25, 0.3) is 0 Å². The van der Waals surface area contributed by atoms with Crippen LogP contribution in [0.15, 0.2) is 36.7 Å². The van der Waals surface area contributed by atoms with Crippen molar-refractivity contribution in [2.24, 2.45) is 5.73 Å². The average molecular weight is 283 g/mol. The lowest BCUT2D eigenvalue weighted by Gasteiger charge is -2.09. The van der Waals surface area contributed by atoms with Crippen LogP contribution < -0.4 is 5.73 Å². The average Bonchev–Trinajstić information content (AvgIpc) is 2.87. The molecule has 0 aliphatic rings. The Bertz CT molecular complexity index is 544. The van der Waals surface area contributed by atoms with Crippen molar-refractivity contribution < 1.29 is 13.2 Å². The Morgan fingerprint density at radius 3 is 2.40 bits per heavy atom. The van der Waals surface area contributed by atoms with Gasteiger partial charge in [-0.3, -0.25) is 0 Å². The van der Waals surface area contributed by atoms with E-state index < -0.39 is 11.7 Å². The van der Waals surface area contributed by atoms with Gasteiger partial charge in [0, 0.05) is 24.5 Å². The first-order valence-corrected chi connectivity index (χ1v) is 6.41. The van der Waals surface area contributed by atoms with Gasteiger partial charge in [0.2, 0.25) is 0 Å². The number of unbranched alkanes of at least 4 members (excludes halogenated alkanes) is 1. The number of aryl methyl sites for hydroxylation is 1. The van der Waals surface area contributed by atoms with Crippen molar-refractivity contribution in [3.63, 3.8) is 0 Å². The molecule has 1 aromatic carbocycles. The van der Waals surface area contributed by atoms with E-state index >= 15 is 0 Å². The predicted octanol–water partition coefficient (Wildman–Crippen LogP) is 3.31. The lowest BCUT2D eigenvalue weighted by molar-refractivity contribution is -0.137. The molecule has 1 aromatic heterocycles. The number of benzene rings is 1. The van der Waals surface area contributed by atoms with Crippen LogP contribution in [-0.4, -0.2) is 16.1 Å². The smallest absolute Gasteiger partial charge is 0.331 e. The van der Waals surface area contributed by atoms with E-state index in [1.165, 1.54) is 12.1 Å². The molecule has 0 saturated carbocycles. The predicted molar refractivity (Wildman–Crippen MR) is 71.0 cm³/mol. The van der Waals surface area contributed by atoms with E-state index in [0.717, 1.165) is 31.5 Å². The molecule has 2 N–H and O–H groups in total. The molecule has 0 aliphatic heterocycles. The second kappa shape index (κ2) is 6.09. The molecule has 2 rings (SSSR count). The van der Waals surface area contributed by atoms with Crippen molar-refractivity contribution in [2.45, 2.75) is 25.6 Å². The van der Waals surface area contributed by atoms with Gasteiger partial charge in [-0.25, -0.2) is 4.98 Å². The molecule has 2 aromatic rings. The minimum absolute atomic E-state index is 0.629. The molecule has 0 saturated heterocycles. The van der Waals surface area contributed by atoms with Crippen LogP contribution in [-0.2, 0) is 12.7 Å². The van der Waals surface area contributed by atoms with Gasteiger partial charge < -0.3 is 10.3 Å². The Kier molecular flexibility index (Phi) is 4.44. The third-order valence-electron chi connectivity index (χ3n) is 3.04. The maximum Gasteiger partial charge on any atom is 0.416 e. The quantitative estimate of drug-likeness (QED) is 0.856. The summed E-state index contributed by atoms with van der Waals surface area (Å²) in [5.74, 6) is 0.677. The van der Waals surface area contributed by atoms with Gasteiger partial charge in [-0.2, -0.15) is 13.2 Å². The SMILES string of the molecule is NCCCCn1ccnc1-c1ccc(C(F)(F)F)cc1. The highest BCUT2D eigenvalue weighted by Crippen LogP contribution is 2.30. The van der Waals surface area contributed by atoms with E-state index in [4.69, 9.17) is 5.73 Å². The Morgan fingerprint density at radius 1 is 1.10 bits per heavy atom. The molecule has 0 atom stereocenters. The van der Waals surface area contributed by atoms with Gasteiger partial charge in [-0.15, -0.1) is 0 Å². The van der Waals surface area contributed by atoms with Crippen LogP contribution in [0.5, 0.6) is 0 Å². The van der Waals surface area contributed by atoms with E-state index in [-0.39, 0.29) is 0 Å². The highest BCUT2D eigenvalue weighted by atomic mass is 19.4. The lowest BCUT2D eigenvalue weighted by atomic mass is 10.1. The summed E-state index contributed by atoms with van der Waals surface area (Å²) in [6, 6.07) is 5.05. The molecule has 0 bridgehead atoms. The minimum Gasteiger partial charge on any atom is -0.331 e. The Hall–Kier alpha value is -1.82. The van der Waals surface area contributed by atoms with Crippen LogP contribution in [0.25, 0.3) is 11.4 Å². The zero-order valence-corrected chi connectivity index (χ0v) is 10.9. The molecule has 0 radical (unpaired) electrons. The molecule has 1 heterocycles. The molecule has 0 fully saturated rings. The summed E-state index contributed by atoms with van der Waals surface area (Å²) in [4.78, 5) is 4.21. The first kappa shape index (κ1) is 14.6. The molecule has 0 aliphatic carbocycles. The summed E-state index contributed by atoms with van der Waals surface area (Å²) in [5, 5.41) is 0. The molecule has 0 amide bonds. The number of imidazole rings is 1. The summed E-state index contributed by atoms with van der Waals surface area (Å²) in [6.45, 7) is 1.39. The van der Waals surface area contributed by atoms with Gasteiger partial charge in [-0.05, 0) is 31.5 Å². The Labute approximate surface area is 115 Å². The van der Waals surface area contributed by atoms with E-state index in [0.29, 0.717) is 17.9 Å². The van der Waals surface area contributed by atoms with Gasteiger partial charge in [0.1, 0.15) is 5.82 Å². The number of rotatable bonds is 5. The maximum atomic E-state index is 12.5. The van der Waals surface area contributed by atoms with Crippen LogP contribution in [0.4, 0.5) is 13.2 Å². The van der Waals surface area contributed by atoms with E-state index in [2.05, 4.69) is 4.98 Å². The standard InChI is InChI=1S/C14H16F3N3/c15-14(16,17)12-5-3-11(4-6-12)13-19-8-10-20(13)9-2-1-7-18/h3-6,8,10H,1-2,7,9,18H2. The lowest BCUT2D eigenvalue weighted by Crippen LogP contribution is -2.05. The fourth-order valence-electron chi connectivity index (χ4n) is 1.98. The molecular formula is C14H16F3N3. The van der Waals surface area contributed by atoms with Crippen LogP contribution in [0.2, 0.25) is 0 Å². The topological polar surface area (TPSA) is 43.8 Å². The number of hydrogen-bond donors (Lipinski definition) is 1. The summed E-state index contributed by atoms with van der Waals surface area (Å²) >= 11 is 0. The molecule has 108 valence electrons. The fourth-order valence-corrected chi connectivity index (χ4v) is 1.98. The Morgan fingerprint density at radius 2 is 1.80 bits per heavy atom. The van der Waals surface area contributed by atoms with Crippen molar-refractivity contribution in [3.05, 3.63) is 42.2 Å². The summed E-state index contributed by atoms with van der Waals surface area (Å²) in [6.07, 6.45) is 0.985. The van der Waals surface area contributed by atoms with E-state index in [1.54, 1.807) is 6.20 Å². The highest BCUT2D eigenvalue weighted by molar-refractivity contribution is 5.56. The second-order valence-electron chi connectivity index (χ2n) is 4.52. The fraction of sp³-hybridized carbons (Fsp3) is 0.357. The molecule has 6 heteroatoms. The zero-order valence-electron chi connectivity index (χ0n) is 10.9. The number of nitrogens with zero attached hydrogens (tertiary/aromatic N) is 2. The van der Waals surface area contributed by atoms with Crippen molar-refractivity contribution in [3.8, 4) is 11.4 Å². The van der Waals surface area contributed by atoms with Gasteiger partial charge in [0.15, 0.2) is 0 Å². The molecular weight excluding hydrogens is 267 g/mol. The maximum absolute atomic E-state index is 12.5. The van der Waals surface area contributed by atoms with Crippen LogP contribution >= 0.6 is 0 Å². The monoisotopic (exact) mass is 283 g/mol. The van der Waals surface area contributed by atoms with Gasteiger partial charge >= 0.3 is 6.18 Å². The number of alkyl halides is 3. The van der Waals surface area contributed by atoms with Crippen molar-refractivity contribution in [2.75, 3.05) is 6.54 Å². The second-order valence-corrected chi connectivity index (χ2v) is 4.52. The number of aromatic nitrogens is 2. The van der Waals surface area contributed by atoms with Gasteiger partial charge in [0.05, 0.1) is 5.56 Å². The van der Waals surface area contributed by atoms with E-state index in [9.17, 15) is 13.2 Å². The van der Waals surface area contributed by atoms with Crippen molar-refractivity contribution in [1.29, 1.82) is 0 Å². The van der Waals surface area contributed by atoms with Crippen molar-refractivity contribution >= 4 is 0 Å². The number of halogens is 3. The Balaban J connectivity index is 2.18. The summed E-state index contributed by atoms with van der Waals surface area (Å²) in [7, 11) is 0. The van der Waals surface area contributed by atoms with Crippen LogP contribution in [0, 0.1) is 0 Å². The molecule has 0 unspecified atom stereocenters. The van der Waals surface area contributed by atoms with Crippen LogP contribution in [0.3, 0.4) is 0 Å². The summed E-state index contributed by atoms with van der Waals surface area (Å²) in [5.41, 5.74) is 5.47. The summed E-state index contributed by atoms with van der Waals surface area (Å²) < 4.78 is 39.5. The molecule has 20 heavy (non-hydrogen) atoms. The highest BCUT2D eigenvalue weighted by Gasteiger charge is 2.30. The first-order chi connectivity index (χ1) is 9.52. The normalized spacial score (nSPS) is 11.8.